The van der Waals surface area contributed by atoms with Crippen LogP contribution in [0, 0.1) is 6.92 Å². The molecule has 5 heteroatoms. The van der Waals surface area contributed by atoms with Crippen LogP contribution < -0.4 is 15.8 Å². The van der Waals surface area contributed by atoms with Crippen molar-refractivity contribution in [1.82, 2.24) is 10.3 Å². The van der Waals surface area contributed by atoms with Crippen molar-refractivity contribution in [3.05, 3.63) is 23.5 Å². The van der Waals surface area contributed by atoms with Crippen molar-refractivity contribution in [1.29, 1.82) is 0 Å². The van der Waals surface area contributed by atoms with E-state index < -0.39 is 5.91 Å². The van der Waals surface area contributed by atoms with Crippen LogP contribution in [0.3, 0.4) is 0 Å². The molecule has 0 spiro atoms. The fourth-order valence-electron chi connectivity index (χ4n) is 1.53. The maximum atomic E-state index is 11.1. The van der Waals surface area contributed by atoms with Crippen LogP contribution in [0.4, 0.5) is 0 Å². The number of nitrogens with two attached hydrogens (primary N) is 1. The second kappa shape index (κ2) is 4.49. The maximum Gasteiger partial charge on any atom is 0.250 e. The Morgan fingerprint density at radius 1 is 1.75 bits per heavy atom. The lowest BCUT2D eigenvalue weighted by atomic mass is 10.1. The molecule has 1 aliphatic heterocycles. The number of hydrogen-bond acceptors (Lipinski definition) is 4. The predicted molar refractivity (Wildman–Crippen MR) is 59.4 cm³/mol. The number of rotatable bonds is 4. The molecule has 0 unspecified atom stereocenters. The number of carbonyl (C=O) groups is 1. The van der Waals surface area contributed by atoms with Gasteiger partial charge in [-0.05, 0) is 26.0 Å². The zero-order valence-electron chi connectivity index (χ0n) is 9.19. The first-order valence-electron chi connectivity index (χ1n) is 5.29. The van der Waals surface area contributed by atoms with Crippen LogP contribution in [0.2, 0.25) is 0 Å². The molecule has 1 aliphatic rings. The number of nitrogens with one attached hydrogen (secondary N) is 1. The quantitative estimate of drug-likeness (QED) is 0.763. The zero-order valence-corrected chi connectivity index (χ0v) is 9.19. The highest BCUT2D eigenvalue weighted by Crippen LogP contribution is 2.15. The van der Waals surface area contributed by atoms with Gasteiger partial charge in [0.1, 0.15) is 12.4 Å². The molecular weight excluding hydrogens is 206 g/mol. The van der Waals surface area contributed by atoms with Gasteiger partial charge in [0, 0.05) is 6.04 Å². The summed E-state index contributed by atoms with van der Waals surface area (Å²) in [5.41, 5.74) is 6.27. The summed E-state index contributed by atoms with van der Waals surface area (Å²) in [6.45, 7) is 3.40. The number of ether oxygens (including phenoxy) is 1. The van der Waals surface area contributed by atoms with Crippen LogP contribution in [0.5, 0.6) is 5.75 Å². The molecule has 1 atom stereocenters. The highest BCUT2D eigenvalue weighted by Gasteiger charge is 2.17. The molecule has 1 fully saturated rings. The van der Waals surface area contributed by atoms with E-state index in [9.17, 15) is 4.79 Å². The van der Waals surface area contributed by atoms with Gasteiger partial charge in [0.25, 0.3) is 5.91 Å². The monoisotopic (exact) mass is 221 g/mol. The van der Waals surface area contributed by atoms with Gasteiger partial charge in [-0.2, -0.15) is 0 Å². The first-order chi connectivity index (χ1) is 7.66. The molecule has 0 bridgehead atoms. The summed E-state index contributed by atoms with van der Waals surface area (Å²) in [6.07, 6.45) is 2.74. The second-order valence-corrected chi connectivity index (χ2v) is 3.92. The Bertz CT molecular complexity index is 402. The number of aromatic nitrogens is 1. The lowest BCUT2D eigenvalue weighted by Gasteiger charge is -2.27. The summed E-state index contributed by atoms with van der Waals surface area (Å²) in [7, 11) is 0. The third kappa shape index (κ3) is 2.30. The second-order valence-electron chi connectivity index (χ2n) is 3.92. The maximum absolute atomic E-state index is 11.1. The molecule has 2 rings (SSSR count). The Hall–Kier alpha value is -1.62. The van der Waals surface area contributed by atoms with Crippen molar-refractivity contribution in [2.24, 2.45) is 5.73 Å². The Morgan fingerprint density at radius 2 is 2.50 bits per heavy atom. The molecule has 1 aromatic heterocycles. The largest absolute Gasteiger partial charge is 0.490 e. The Balaban J connectivity index is 2.03. The third-order valence-electron chi connectivity index (χ3n) is 2.70. The van der Waals surface area contributed by atoms with E-state index in [4.69, 9.17) is 10.5 Å². The van der Waals surface area contributed by atoms with Crippen molar-refractivity contribution in [2.45, 2.75) is 19.4 Å². The van der Waals surface area contributed by atoms with Crippen molar-refractivity contribution >= 4 is 5.91 Å². The van der Waals surface area contributed by atoms with E-state index in [-0.39, 0.29) is 0 Å². The zero-order chi connectivity index (χ0) is 11.5. The van der Waals surface area contributed by atoms with E-state index in [0.29, 0.717) is 29.7 Å². The first kappa shape index (κ1) is 10.9. The van der Waals surface area contributed by atoms with Crippen molar-refractivity contribution < 1.29 is 9.53 Å². The highest BCUT2D eigenvalue weighted by atomic mass is 16.5. The standard InChI is InChI=1S/C11H15N3O2/c1-7-10(11(12)15)4-9(5-14-7)16-6-8-2-3-13-8/h4-5,8,13H,2-3,6H2,1H3,(H2,12,15)/t8-/m1/s1. The molecule has 0 aromatic carbocycles. The summed E-state index contributed by atoms with van der Waals surface area (Å²) in [5, 5.41) is 3.23. The van der Waals surface area contributed by atoms with Crippen molar-refractivity contribution in [2.75, 3.05) is 13.2 Å². The average molecular weight is 221 g/mol. The molecule has 2 heterocycles. The smallest absolute Gasteiger partial charge is 0.250 e. The van der Waals surface area contributed by atoms with Gasteiger partial charge in [-0.15, -0.1) is 0 Å². The minimum absolute atomic E-state index is 0.415. The van der Waals surface area contributed by atoms with Gasteiger partial charge < -0.3 is 15.8 Å². The van der Waals surface area contributed by atoms with Crippen LogP contribution in [-0.4, -0.2) is 30.1 Å². The van der Waals surface area contributed by atoms with E-state index in [1.54, 1.807) is 19.2 Å². The van der Waals surface area contributed by atoms with Crippen LogP contribution >= 0.6 is 0 Å². The SMILES string of the molecule is Cc1ncc(OC[C@H]2CCN2)cc1C(N)=O. The molecular formula is C11H15N3O2. The number of pyridine rings is 1. The van der Waals surface area contributed by atoms with E-state index in [2.05, 4.69) is 10.3 Å². The van der Waals surface area contributed by atoms with Gasteiger partial charge in [-0.25, -0.2) is 0 Å². The topological polar surface area (TPSA) is 77.2 Å². The molecule has 1 saturated heterocycles. The predicted octanol–water partition coefficient (Wildman–Crippen LogP) is 0.230. The summed E-state index contributed by atoms with van der Waals surface area (Å²) >= 11 is 0. The van der Waals surface area contributed by atoms with Gasteiger partial charge in [0.05, 0.1) is 17.5 Å². The lowest BCUT2D eigenvalue weighted by Crippen LogP contribution is -2.46. The summed E-state index contributed by atoms with van der Waals surface area (Å²) in [6, 6.07) is 2.06. The number of primary amides is 1. The Labute approximate surface area is 94.0 Å². The van der Waals surface area contributed by atoms with Crippen molar-refractivity contribution in [3.63, 3.8) is 0 Å². The minimum atomic E-state index is -0.475. The van der Waals surface area contributed by atoms with Gasteiger partial charge in [0.15, 0.2) is 0 Å². The molecule has 16 heavy (non-hydrogen) atoms. The fraction of sp³-hybridized carbons (Fsp3) is 0.455. The molecule has 0 saturated carbocycles. The molecule has 3 N–H and O–H groups in total. The molecule has 1 amide bonds. The number of carbonyl (C=O) groups excluding carboxylic acids is 1. The van der Waals surface area contributed by atoms with Crippen molar-refractivity contribution in [3.8, 4) is 5.75 Å². The molecule has 0 radical (unpaired) electrons. The van der Waals surface area contributed by atoms with Gasteiger partial charge >= 0.3 is 0 Å². The summed E-state index contributed by atoms with van der Waals surface area (Å²) < 4.78 is 5.52. The van der Waals surface area contributed by atoms with Gasteiger partial charge in [-0.1, -0.05) is 0 Å². The van der Waals surface area contributed by atoms with Crippen LogP contribution in [-0.2, 0) is 0 Å². The summed E-state index contributed by atoms with van der Waals surface area (Å²) in [4.78, 5) is 15.2. The van der Waals surface area contributed by atoms with Crippen LogP contribution in [0.15, 0.2) is 12.3 Å². The Kier molecular flexibility index (Phi) is 3.05. The number of amides is 1. The summed E-state index contributed by atoms with van der Waals surface area (Å²) in [5.74, 6) is 0.116. The van der Waals surface area contributed by atoms with E-state index in [0.717, 1.165) is 13.0 Å². The lowest BCUT2D eigenvalue weighted by molar-refractivity contribution is 0.0998. The van der Waals surface area contributed by atoms with Crippen LogP contribution in [0.25, 0.3) is 0 Å². The van der Waals surface area contributed by atoms with Gasteiger partial charge in [0.2, 0.25) is 0 Å². The van der Waals surface area contributed by atoms with Crippen LogP contribution in [0.1, 0.15) is 22.5 Å². The number of nitrogens with zero attached hydrogens (tertiary/aromatic N) is 1. The Morgan fingerprint density at radius 3 is 3.06 bits per heavy atom. The van der Waals surface area contributed by atoms with E-state index in [1.807, 2.05) is 0 Å². The first-order valence-corrected chi connectivity index (χ1v) is 5.29. The highest BCUT2D eigenvalue weighted by molar-refractivity contribution is 5.94. The average Bonchev–Trinajstić information content (AvgIpc) is 2.17. The van der Waals surface area contributed by atoms with Gasteiger partial charge in [-0.3, -0.25) is 9.78 Å². The third-order valence-corrected chi connectivity index (χ3v) is 2.70. The minimum Gasteiger partial charge on any atom is -0.490 e. The normalized spacial score (nSPS) is 18.9. The fourth-order valence-corrected chi connectivity index (χ4v) is 1.53. The molecule has 1 aromatic rings. The number of hydrogen-bond donors (Lipinski definition) is 2. The molecule has 86 valence electrons. The molecule has 5 nitrogen and oxygen atoms in total. The number of aryl methyl sites for hydroxylation is 1. The molecule has 0 aliphatic carbocycles. The van der Waals surface area contributed by atoms with E-state index in [1.165, 1.54) is 0 Å². The van der Waals surface area contributed by atoms with E-state index >= 15 is 0 Å².